The molecule has 0 spiro atoms. The van der Waals surface area contributed by atoms with Crippen molar-refractivity contribution in [3.63, 3.8) is 0 Å². The Balaban J connectivity index is 1.69. The second-order valence-electron chi connectivity index (χ2n) is 7.04. The molecular weight excluding hydrogens is 312 g/mol. The summed E-state index contributed by atoms with van der Waals surface area (Å²) in [7, 11) is 0. The van der Waals surface area contributed by atoms with E-state index in [-0.39, 0.29) is 0 Å². The Bertz CT molecular complexity index is 692. The summed E-state index contributed by atoms with van der Waals surface area (Å²) in [6, 6.07) is 12.4. The Kier molecular flexibility index (Phi) is 4.83. The summed E-state index contributed by atoms with van der Waals surface area (Å²) < 4.78 is 5.50. The van der Waals surface area contributed by atoms with E-state index in [0.29, 0.717) is 0 Å². The molecule has 0 atom stereocenters. The van der Waals surface area contributed by atoms with Crippen molar-refractivity contribution in [1.82, 2.24) is 9.97 Å². The quantitative estimate of drug-likeness (QED) is 0.859. The predicted octanol–water partition coefficient (Wildman–Crippen LogP) is 3.22. The normalized spacial score (nSPS) is 19.2. The summed E-state index contributed by atoms with van der Waals surface area (Å²) in [6.45, 7) is 7.81. The van der Waals surface area contributed by atoms with Gasteiger partial charge in [0.15, 0.2) is 5.82 Å². The van der Waals surface area contributed by atoms with Crippen LogP contribution < -0.4 is 9.80 Å². The first-order chi connectivity index (χ1) is 12.3. The van der Waals surface area contributed by atoms with E-state index < -0.39 is 0 Å². The van der Waals surface area contributed by atoms with Crippen LogP contribution in [0, 0.1) is 5.92 Å². The summed E-state index contributed by atoms with van der Waals surface area (Å²) >= 11 is 0. The summed E-state index contributed by atoms with van der Waals surface area (Å²) in [5, 5.41) is 0. The van der Waals surface area contributed by atoms with E-state index in [1.54, 1.807) is 0 Å². The van der Waals surface area contributed by atoms with Gasteiger partial charge < -0.3 is 14.5 Å². The van der Waals surface area contributed by atoms with Gasteiger partial charge in [-0.1, -0.05) is 37.3 Å². The smallest absolute Gasteiger partial charge is 0.163 e. The van der Waals surface area contributed by atoms with Crippen LogP contribution in [-0.4, -0.2) is 49.4 Å². The van der Waals surface area contributed by atoms with E-state index in [2.05, 4.69) is 34.9 Å². The zero-order valence-electron chi connectivity index (χ0n) is 14.9. The molecule has 0 bridgehead atoms. The van der Waals surface area contributed by atoms with Gasteiger partial charge in [0.25, 0.3) is 0 Å². The third kappa shape index (κ3) is 3.76. The molecule has 132 valence electrons. The first kappa shape index (κ1) is 16.3. The van der Waals surface area contributed by atoms with Crippen molar-refractivity contribution in [3.05, 3.63) is 36.4 Å². The van der Waals surface area contributed by atoms with Crippen molar-refractivity contribution in [3.8, 4) is 11.4 Å². The van der Waals surface area contributed by atoms with Gasteiger partial charge in [0, 0.05) is 37.8 Å². The molecule has 0 unspecified atom stereocenters. The van der Waals surface area contributed by atoms with Crippen LogP contribution in [0.4, 0.5) is 11.6 Å². The lowest BCUT2D eigenvalue weighted by molar-refractivity contribution is 0.122. The van der Waals surface area contributed by atoms with Gasteiger partial charge in [-0.15, -0.1) is 0 Å². The van der Waals surface area contributed by atoms with E-state index in [9.17, 15) is 0 Å². The van der Waals surface area contributed by atoms with E-state index in [0.717, 1.165) is 68.3 Å². The number of benzene rings is 1. The Morgan fingerprint density at radius 1 is 0.880 bits per heavy atom. The number of aromatic nitrogens is 2. The van der Waals surface area contributed by atoms with Crippen molar-refractivity contribution in [2.45, 2.75) is 19.8 Å². The zero-order valence-corrected chi connectivity index (χ0v) is 14.9. The fourth-order valence-electron chi connectivity index (χ4n) is 3.49. The monoisotopic (exact) mass is 338 g/mol. The molecule has 0 aliphatic carbocycles. The maximum absolute atomic E-state index is 5.50. The van der Waals surface area contributed by atoms with Crippen LogP contribution >= 0.6 is 0 Å². The number of rotatable bonds is 3. The molecule has 3 heterocycles. The lowest BCUT2D eigenvalue weighted by atomic mass is 9.99. The number of ether oxygens (including phenoxy) is 1. The number of hydrogen-bond acceptors (Lipinski definition) is 5. The summed E-state index contributed by atoms with van der Waals surface area (Å²) in [4.78, 5) is 14.5. The molecular formula is C20H26N4O. The molecule has 0 saturated carbocycles. The molecule has 0 N–H and O–H groups in total. The Labute approximate surface area is 149 Å². The van der Waals surface area contributed by atoms with Gasteiger partial charge in [-0.05, 0) is 18.8 Å². The van der Waals surface area contributed by atoms with Crippen molar-refractivity contribution in [2.24, 2.45) is 5.92 Å². The number of nitrogens with zero attached hydrogens (tertiary/aromatic N) is 4. The summed E-state index contributed by atoms with van der Waals surface area (Å²) in [5.74, 6) is 3.71. The second-order valence-corrected chi connectivity index (χ2v) is 7.04. The van der Waals surface area contributed by atoms with Crippen molar-refractivity contribution in [2.75, 3.05) is 49.2 Å². The van der Waals surface area contributed by atoms with Crippen LogP contribution in [0.3, 0.4) is 0 Å². The standard InChI is InChI=1S/C20H26N4O/c1-16-7-9-23(10-8-16)18-15-19(24-11-13-25-14-12-24)22-20(21-18)17-5-3-2-4-6-17/h2-6,15-16H,7-14H2,1H3. The third-order valence-corrected chi connectivity index (χ3v) is 5.17. The molecule has 1 aromatic heterocycles. The van der Waals surface area contributed by atoms with Crippen molar-refractivity contribution < 1.29 is 4.74 Å². The molecule has 5 heteroatoms. The maximum atomic E-state index is 5.50. The topological polar surface area (TPSA) is 41.5 Å². The van der Waals surface area contributed by atoms with Gasteiger partial charge in [0.1, 0.15) is 11.6 Å². The lowest BCUT2D eigenvalue weighted by Gasteiger charge is -2.33. The van der Waals surface area contributed by atoms with Gasteiger partial charge in [-0.3, -0.25) is 0 Å². The van der Waals surface area contributed by atoms with Crippen LogP contribution in [0.5, 0.6) is 0 Å². The van der Waals surface area contributed by atoms with Gasteiger partial charge in [-0.25, -0.2) is 9.97 Å². The minimum Gasteiger partial charge on any atom is -0.378 e. The first-order valence-corrected chi connectivity index (χ1v) is 9.32. The van der Waals surface area contributed by atoms with Crippen LogP contribution in [-0.2, 0) is 4.74 Å². The average molecular weight is 338 g/mol. The second kappa shape index (κ2) is 7.40. The molecule has 5 nitrogen and oxygen atoms in total. The Hall–Kier alpha value is -2.14. The number of anilines is 2. The molecule has 0 radical (unpaired) electrons. The molecule has 2 aliphatic rings. The SMILES string of the molecule is CC1CCN(c2cc(N3CCOCC3)nc(-c3ccccc3)n2)CC1. The first-order valence-electron chi connectivity index (χ1n) is 9.32. The van der Waals surface area contributed by atoms with Gasteiger partial charge >= 0.3 is 0 Å². The fourth-order valence-corrected chi connectivity index (χ4v) is 3.49. The fraction of sp³-hybridized carbons (Fsp3) is 0.500. The third-order valence-electron chi connectivity index (χ3n) is 5.17. The molecule has 2 aliphatic heterocycles. The van der Waals surface area contributed by atoms with Crippen molar-refractivity contribution in [1.29, 1.82) is 0 Å². The van der Waals surface area contributed by atoms with E-state index >= 15 is 0 Å². The molecule has 2 saturated heterocycles. The van der Waals surface area contributed by atoms with E-state index in [1.807, 2.05) is 18.2 Å². The van der Waals surface area contributed by atoms with Crippen LogP contribution in [0.1, 0.15) is 19.8 Å². The number of hydrogen-bond donors (Lipinski definition) is 0. The molecule has 2 fully saturated rings. The largest absolute Gasteiger partial charge is 0.378 e. The minimum absolute atomic E-state index is 0.765. The van der Waals surface area contributed by atoms with E-state index in [1.165, 1.54) is 12.8 Å². The molecule has 2 aromatic rings. The van der Waals surface area contributed by atoms with Gasteiger partial charge in [0.05, 0.1) is 13.2 Å². The molecule has 0 amide bonds. The highest BCUT2D eigenvalue weighted by Crippen LogP contribution is 2.28. The summed E-state index contributed by atoms with van der Waals surface area (Å²) in [5.41, 5.74) is 1.07. The van der Waals surface area contributed by atoms with E-state index in [4.69, 9.17) is 14.7 Å². The van der Waals surface area contributed by atoms with Crippen molar-refractivity contribution >= 4 is 11.6 Å². The Morgan fingerprint density at radius 2 is 1.48 bits per heavy atom. The number of piperidine rings is 1. The summed E-state index contributed by atoms with van der Waals surface area (Å²) in [6.07, 6.45) is 2.47. The van der Waals surface area contributed by atoms with Gasteiger partial charge in [-0.2, -0.15) is 0 Å². The highest BCUT2D eigenvalue weighted by molar-refractivity contribution is 5.62. The Morgan fingerprint density at radius 3 is 2.12 bits per heavy atom. The number of morpholine rings is 1. The highest BCUT2D eigenvalue weighted by atomic mass is 16.5. The van der Waals surface area contributed by atoms with Crippen LogP contribution in [0.25, 0.3) is 11.4 Å². The lowest BCUT2D eigenvalue weighted by Crippen LogP contribution is -2.37. The van der Waals surface area contributed by atoms with Crippen LogP contribution in [0.2, 0.25) is 0 Å². The highest BCUT2D eigenvalue weighted by Gasteiger charge is 2.21. The maximum Gasteiger partial charge on any atom is 0.163 e. The van der Waals surface area contributed by atoms with Gasteiger partial charge in [0.2, 0.25) is 0 Å². The van der Waals surface area contributed by atoms with Crippen LogP contribution in [0.15, 0.2) is 36.4 Å². The molecule has 25 heavy (non-hydrogen) atoms. The minimum atomic E-state index is 0.765. The predicted molar refractivity (Wildman–Crippen MR) is 101 cm³/mol. The average Bonchev–Trinajstić information content (AvgIpc) is 2.69. The molecule has 4 rings (SSSR count). The zero-order chi connectivity index (χ0) is 17.1. The molecule has 1 aromatic carbocycles.